The van der Waals surface area contributed by atoms with E-state index in [4.69, 9.17) is 4.74 Å². The van der Waals surface area contributed by atoms with Gasteiger partial charge in [-0.3, -0.25) is 14.2 Å². The van der Waals surface area contributed by atoms with Crippen molar-refractivity contribution in [2.45, 2.75) is 24.4 Å². The molecule has 0 fully saturated rings. The van der Waals surface area contributed by atoms with Gasteiger partial charge in [-0.25, -0.2) is 8.42 Å². The minimum absolute atomic E-state index is 0.0459. The van der Waals surface area contributed by atoms with Crippen molar-refractivity contribution in [1.29, 1.82) is 0 Å². The molecule has 29 heavy (non-hydrogen) atoms. The first kappa shape index (κ1) is 20.4. The van der Waals surface area contributed by atoms with E-state index in [-0.39, 0.29) is 16.8 Å². The van der Waals surface area contributed by atoms with Crippen LogP contribution in [0.1, 0.15) is 17.3 Å². The molecule has 3 rings (SSSR count). The van der Waals surface area contributed by atoms with Crippen LogP contribution in [0.15, 0.2) is 71.9 Å². The quantitative estimate of drug-likeness (QED) is 0.590. The summed E-state index contributed by atoms with van der Waals surface area (Å²) < 4.78 is 34.6. The second-order valence-electron chi connectivity index (χ2n) is 6.43. The van der Waals surface area contributed by atoms with E-state index < -0.39 is 10.0 Å². The predicted octanol–water partition coefficient (Wildman–Crippen LogP) is 2.51. The van der Waals surface area contributed by atoms with E-state index in [0.29, 0.717) is 23.5 Å². The van der Waals surface area contributed by atoms with Crippen LogP contribution >= 0.6 is 0 Å². The van der Waals surface area contributed by atoms with Gasteiger partial charge in [-0.05, 0) is 49.4 Å². The monoisotopic (exact) mass is 414 g/mol. The summed E-state index contributed by atoms with van der Waals surface area (Å²) in [6.45, 7) is 2.41. The first-order valence-corrected chi connectivity index (χ1v) is 10.4. The van der Waals surface area contributed by atoms with Crippen molar-refractivity contribution in [3.8, 4) is 5.75 Å². The van der Waals surface area contributed by atoms with E-state index in [1.807, 2.05) is 19.2 Å². The van der Waals surface area contributed by atoms with E-state index in [1.165, 1.54) is 31.4 Å². The van der Waals surface area contributed by atoms with Gasteiger partial charge in [0.1, 0.15) is 5.75 Å². The average molecular weight is 414 g/mol. The van der Waals surface area contributed by atoms with Crippen LogP contribution < -0.4 is 14.8 Å². The standard InChI is InChI=1S/C20H22N4O4S/c1-15(14-24-13-5-12-21-24)22-20(25)16-8-10-17(11-9-16)29(26,27)23-18-6-3-4-7-19(18)28-2/h3-13,15,23H,14H2,1-2H3,(H,22,25). The van der Waals surface area contributed by atoms with Gasteiger partial charge in [0.2, 0.25) is 0 Å². The number of nitrogens with one attached hydrogen (secondary N) is 2. The maximum absolute atomic E-state index is 12.6. The van der Waals surface area contributed by atoms with E-state index in [1.54, 1.807) is 35.1 Å². The molecule has 0 saturated carbocycles. The molecule has 1 heterocycles. The number of nitrogens with zero attached hydrogens (tertiary/aromatic N) is 2. The number of aromatic nitrogens is 2. The number of carbonyl (C=O) groups excluding carboxylic acids is 1. The minimum atomic E-state index is -3.82. The number of hydrogen-bond donors (Lipinski definition) is 2. The van der Waals surface area contributed by atoms with Crippen LogP contribution in [0.25, 0.3) is 0 Å². The molecule has 1 amide bonds. The molecular weight excluding hydrogens is 392 g/mol. The first-order valence-electron chi connectivity index (χ1n) is 8.93. The second kappa shape index (κ2) is 8.78. The Morgan fingerprint density at radius 1 is 1.14 bits per heavy atom. The molecule has 0 aliphatic carbocycles. The van der Waals surface area contributed by atoms with Gasteiger partial charge in [0, 0.05) is 24.0 Å². The fourth-order valence-electron chi connectivity index (χ4n) is 2.76. The van der Waals surface area contributed by atoms with Gasteiger partial charge in [0.05, 0.1) is 24.2 Å². The minimum Gasteiger partial charge on any atom is -0.495 e. The van der Waals surface area contributed by atoms with E-state index in [2.05, 4.69) is 15.1 Å². The topological polar surface area (TPSA) is 102 Å². The summed E-state index contributed by atoms with van der Waals surface area (Å²) in [5.74, 6) is 0.129. The van der Waals surface area contributed by atoms with Gasteiger partial charge in [0.25, 0.3) is 15.9 Å². The molecule has 152 valence electrons. The third-order valence-electron chi connectivity index (χ3n) is 4.18. The van der Waals surface area contributed by atoms with E-state index >= 15 is 0 Å². The van der Waals surface area contributed by atoms with Crippen LogP contribution in [-0.4, -0.2) is 37.3 Å². The van der Waals surface area contributed by atoms with Gasteiger partial charge >= 0.3 is 0 Å². The van der Waals surface area contributed by atoms with Gasteiger partial charge in [-0.2, -0.15) is 5.10 Å². The van der Waals surface area contributed by atoms with E-state index in [0.717, 1.165) is 0 Å². The van der Waals surface area contributed by atoms with Crippen LogP contribution in [0.4, 0.5) is 5.69 Å². The molecule has 0 saturated heterocycles. The van der Waals surface area contributed by atoms with Crippen molar-refractivity contribution >= 4 is 21.6 Å². The molecule has 1 unspecified atom stereocenters. The molecule has 0 aliphatic heterocycles. The third-order valence-corrected chi connectivity index (χ3v) is 5.56. The van der Waals surface area contributed by atoms with Crippen LogP contribution in [0.2, 0.25) is 0 Å². The summed E-state index contributed by atoms with van der Waals surface area (Å²) >= 11 is 0. The lowest BCUT2D eigenvalue weighted by molar-refractivity contribution is 0.0936. The smallest absolute Gasteiger partial charge is 0.262 e. The predicted molar refractivity (Wildman–Crippen MR) is 109 cm³/mol. The Hall–Kier alpha value is -3.33. The Balaban J connectivity index is 1.67. The average Bonchev–Trinajstić information content (AvgIpc) is 3.21. The normalized spacial score (nSPS) is 12.2. The zero-order chi connectivity index (χ0) is 20.9. The van der Waals surface area contributed by atoms with E-state index in [9.17, 15) is 13.2 Å². The van der Waals surface area contributed by atoms with Gasteiger partial charge < -0.3 is 10.1 Å². The zero-order valence-electron chi connectivity index (χ0n) is 16.1. The highest BCUT2D eigenvalue weighted by atomic mass is 32.2. The Kier molecular flexibility index (Phi) is 6.18. The molecule has 3 aromatic rings. The van der Waals surface area contributed by atoms with Crippen molar-refractivity contribution in [3.63, 3.8) is 0 Å². The Morgan fingerprint density at radius 3 is 2.52 bits per heavy atom. The van der Waals surface area contributed by atoms with Crippen LogP contribution in [0.5, 0.6) is 5.75 Å². The molecule has 1 aromatic heterocycles. The number of carbonyl (C=O) groups is 1. The van der Waals surface area contributed by atoms with Crippen LogP contribution in [0.3, 0.4) is 0 Å². The Morgan fingerprint density at radius 2 is 1.86 bits per heavy atom. The number of para-hydroxylation sites is 2. The fraction of sp³-hybridized carbons (Fsp3) is 0.200. The lowest BCUT2D eigenvalue weighted by Gasteiger charge is -2.14. The molecule has 8 nitrogen and oxygen atoms in total. The third kappa shape index (κ3) is 5.14. The second-order valence-corrected chi connectivity index (χ2v) is 8.12. The molecule has 0 spiro atoms. The van der Waals surface area contributed by atoms with Crippen molar-refractivity contribution in [2.24, 2.45) is 0 Å². The molecule has 2 N–H and O–H groups in total. The summed E-state index contributed by atoms with van der Waals surface area (Å²) in [5, 5.41) is 6.97. The SMILES string of the molecule is COc1ccccc1NS(=O)(=O)c1ccc(C(=O)NC(C)Cn2cccn2)cc1. The van der Waals surface area contributed by atoms with Crippen molar-refractivity contribution < 1.29 is 17.9 Å². The maximum atomic E-state index is 12.6. The number of ether oxygens (including phenoxy) is 1. The summed E-state index contributed by atoms with van der Waals surface area (Å²) in [6, 6.07) is 14.1. The first-order chi connectivity index (χ1) is 13.9. The number of rotatable bonds is 8. The molecule has 0 aliphatic rings. The highest BCUT2D eigenvalue weighted by Crippen LogP contribution is 2.26. The lowest BCUT2D eigenvalue weighted by Crippen LogP contribution is -2.35. The molecule has 9 heteroatoms. The van der Waals surface area contributed by atoms with Crippen molar-refractivity contribution in [1.82, 2.24) is 15.1 Å². The largest absolute Gasteiger partial charge is 0.495 e. The number of sulfonamides is 1. The number of anilines is 1. The number of benzene rings is 2. The molecule has 2 aromatic carbocycles. The number of amides is 1. The molecule has 1 atom stereocenters. The van der Waals surface area contributed by atoms with Gasteiger partial charge in [-0.1, -0.05) is 12.1 Å². The van der Waals surface area contributed by atoms with Gasteiger partial charge in [-0.15, -0.1) is 0 Å². The fourth-order valence-corrected chi connectivity index (χ4v) is 3.83. The number of methoxy groups -OCH3 is 1. The highest BCUT2D eigenvalue weighted by Gasteiger charge is 2.17. The van der Waals surface area contributed by atoms with Crippen LogP contribution in [0, 0.1) is 0 Å². The Bertz CT molecular complexity index is 1060. The van der Waals surface area contributed by atoms with Crippen molar-refractivity contribution in [3.05, 3.63) is 72.6 Å². The molecule has 0 bridgehead atoms. The van der Waals surface area contributed by atoms with Gasteiger partial charge in [0.15, 0.2) is 0 Å². The van der Waals surface area contributed by atoms with Crippen LogP contribution in [-0.2, 0) is 16.6 Å². The highest BCUT2D eigenvalue weighted by molar-refractivity contribution is 7.92. The lowest BCUT2D eigenvalue weighted by atomic mass is 10.2. The molecule has 0 radical (unpaired) electrons. The number of hydrogen-bond acceptors (Lipinski definition) is 5. The summed E-state index contributed by atoms with van der Waals surface area (Å²) in [4.78, 5) is 12.4. The summed E-state index contributed by atoms with van der Waals surface area (Å²) in [6.07, 6.45) is 3.49. The maximum Gasteiger partial charge on any atom is 0.262 e. The zero-order valence-corrected chi connectivity index (χ0v) is 16.9. The summed E-state index contributed by atoms with van der Waals surface area (Å²) in [5.41, 5.74) is 0.706. The van der Waals surface area contributed by atoms with Crippen molar-refractivity contribution in [2.75, 3.05) is 11.8 Å². The Labute approximate surface area is 169 Å². The summed E-state index contributed by atoms with van der Waals surface area (Å²) in [7, 11) is -2.35. The molecular formula is C20H22N4O4S.